The average molecular weight is 266 g/mol. The summed E-state index contributed by atoms with van der Waals surface area (Å²) in [5.74, 6) is 0.210. The molecule has 0 saturated heterocycles. The molecule has 5 heteroatoms. The summed E-state index contributed by atoms with van der Waals surface area (Å²) >= 11 is 0. The largest absolute Gasteiger partial charge is 0.396 e. The molecule has 5 N–H and O–H groups in total. The van der Waals surface area contributed by atoms with Gasteiger partial charge in [-0.1, -0.05) is 34.6 Å². The maximum absolute atomic E-state index is 9.49. The monoisotopic (exact) mass is 266 g/mol. The zero-order chi connectivity index (χ0) is 15.0. The zero-order valence-electron chi connectivity index (χ0n) is 12.2. The second kappa shape index (κ2) is 8.82. The Bertz CT molecular complexity index is 191. The molecular formula is C13H30O5. The minimum absolute atomic E-state index is 0.0341. The molecule has 5 nitrogen and oxygen atoms in total. The Morgan fingerprint density at radius 2 is 1.11 bits per heavy atom. The Balaban J connectivity index is 0. The van der Waals surface area contributed by atoms with E-state index in [1.165, 1.54) is 0 Å². The van der Waals surface area contributed by atoms with Crippen LogP contribution in [0.3, 0.4) is 0 Å². The number of aliphatic hydroxyl groups is 5. The van der Waals surface area contributed by atoms with Crippen LogP contribution in [0, 0.1) is 16.7 Å². The lowest BCUT2D eigenvalue weighted by atomic mass is 9.82. The molecule has 0 spiro atoms. The third-order valence-corrected chi connectivity index (χ3v) is 2.98. The molecule has 0 saturated carbocycles. The van der Waals surface area contributed by atoms with Crippen LogP contribution in [0.4, 0.5) is 0 Å². The van der Waals surface area contributed by atoms with Gasteiger partial charge in [-0.05, 0) is 5.92 Å². The van der Waals surface area contributed by atoms with Crippen LogP contribution in [0.15, 0.2) is 0 Å². The molecule has 18 heavy (non-hydrogen) atoms. The molecule has 0 aromatic rings. The summed E-state index contributed by atoms with van der Waals surface area (Å²) in [6.45, 7) is 8.71. The Kier molecular flexibility index (Phi) is 9.87. The first kappa shape index (κ1) is 20.1. The standard InChI is InChI=1S/C8H18O2.C5H12O3/c1-6(2)7(10)8(3,4)5-9;1-5(2-6,3-7)4-8/h6-7,9-10H,5H2,1-4H3;6-8H,2-4H2,1H3. The molecule has 0 rings (SSSR count). The summed E-state index contributed by atoms with van der Waals surface area (Å²) in [6, 6.07) is 0. The fraction of sp³-hybridized carbons (Fsp3) is 1.00. The molecule has 0 heterocycles. The van der Waals surface area contributed by atoms with E-state index in [4.69, 9.17) is 20.4 Å². The van der Waals surface area contributed by atoms with Crippen molar-refractivity contribution in [3.8, 4) is 0 Å². The highest BCUT2D eigenvalue weighted by Crippen LogP contribution is 2.24. The molecule has 0 fully saturated rings. The lowest BCUT2D eigenvalue weighted by Crippen LogP contribution is -2.36. The normalized spacial score (nSPS) is 14.2. The van der Waals surface area contributed by atoms with E-state index in [2.05, 4.69) is 0 Å². The molecule has 0 bridgehead atoms. The SMILES string of the molecule is CC(C)C(O)C(C)(C)CO.CC(CO)(CO)CO. The number of hydrogen-bond donors (Lipinski definition) is 5. The molecular weight excluding hydrogens is 236 g/mol. The van der Waals surface area contributed by atoms with Gasteiger partial charge in [-0.3, -0.25) is 0 Å². The molecule has 0 aliphatic heterocycles. The lowest BCUT2D eigenvalue weighted by Gasteiger charge is -2.30. The maximum atomic E-state index is 9.49. The maximum Gasteiger partial charge on any atom is 0.0635 e. The van der Waals surface area contributed by atoms with Crippen molar-refractivity contribution in [3.05, 3.63) is 0 Å². The minimum Gasteiger partial charge on any atom is -0.396 e. The first-order valence-corrected chi connectivity index (χ1v) is 6.21. The van der Waals surface area contributed by atoms with Crippen molar-refractivity contribution in [3.63, 3.8) is 0 Å². The minimum atomic E-state index is -0.708. The molecule has 1 atom stereocenters. The van der Waals surface area contributed by atoms with Crippen LogP contribution in [0.1, 0.15) is 34.6 Å². The van der Waals surface area contributed by atoms with Crippen molar-refractivity contribution < 1.29 is 25.5 Å². The third-order valence-electron chi connectivity index (χ3n) is 2.98. The summed E-state index contributed by atoms with van der Waals surface area (Å²) in [4.78, 5) is 0. The topological polar surface area (TPSA) is 101 Å². The van der Waals surface area contributed by atoms with Crippen molar-refractivity contribution in [2.45, 2.75) is 40.7 Å². The number of hydrogen-bond acceptors (Lipinski definition) is 5. The van der Waals surface area contributed by atoms with Gasteiger partial charge in [0, 0.05) is 10.8 Å². The first-order valence-electron chi connectivity index (χ1n) is 6.21. The van der Waals surface area contributed by atoms with Crippen LogP contribution >= 0.6 is 0 Å². The predicted octanol–water partition coefficient (Wildman–Crippen LogP) is -0.00860. The van der Waals surface area contributed by atoms with Gasteiger partial charge in [-0.2, -0.15) is 0 Å². The van der Waals surface area contributed by atoms with Gasteiger partial charge in [0.05, 0.1) is 32.5 Å². The van der Waals surface area contributed by atoms with Crippen LogP contribution in [-0.4, -0.2) is 58.1 Å². The zero-order valence-corrected chi connectivity index (χ0v) is 12.2. The average Bonchev–Trinajstić information content (AvgIpc) is 2.37. The highest BCUT2D eigenvalue weighted by Gasteiger charge is 2.28. The van der Waals surface area contributed by atoms with Gasteiger partial charge in [0.2, 0.25) is 0 Å². The first-order chi connectivity index (χ1) is 8.10. The van der Waals surface area contributed by atoms with Crippen LogP contribution in [0.2, 0.25) is 0 Å². The number of rotatable bonds is 6. The van der Waals surface area contributed by atoms with E-state index in [1.807, 2.05) is 27.7 Å². The molecule has 112 valence electrons. The second-order valence-corrected chi connectivity index (χ2v) is 6.12. The fourth-order valence-corrected chi connectivity index (χ4v) is 1.15. The summed E-state index contributed by atoms with van der Waals surface area (Å²) in [5.41, 5.74) is -1.08. The van der Waals surface area contributed by atoms with Crippen molar-refractivity contribution in [2.24, 2.45) is 16.7 Å². The van der Waals surface area contributed by atoms with Crippen LogP contribution in [-0.2, 0) is 0 Å². The highest BCUT2D eigenvalue weighted by atomic mass is 16.3. The molecule has 0 aliphatic rings. The summed E-state index contributed by atoms with van der Waals surface area (Å²) in [5, 5.41) is 43.7. The van der Waals surface area contributed by atoms with Crippen molar-refractivity contribution in [1.29, 1.82) is 0 Å². The van der Waals surface area contributed by atoms with Gasteiger partial charge in [0.1, 0.15) is 0 Å². The van der Waals surface area contributed by atoms with E-state index in [1.54, 1.807) is 6.92 Å². The Morgan fingerprint density at radius 1 is 0.778 bits per heavy atom. The smallest absolute Gasteiger partial charge is 0.0635 e. The molecule has 0 radical (unpaired) electrons. The molecule has 0 aliphatic carbocycles. The summed E-state index contributed by atoms with van der Waals surface area (Å²) < 4.78 is 0. The van der Waals surface area contributed by atoms with E-state index in [0.717, 1.165) is 0 Å². The van der Waals surface area contributed by atoms with Gasteiger partial charge in [-0.25, -0.2) is 0 Å². The van der Waals surface area contributed by atoms with Gasteiger partial charge >= 0.3 is 0 Å². The van der Waals surface area contributed by atoms with Crippen LogP contribution in [0.5, 0.6) is 0 Å². The highest BCUT2D eigenvalue weighted by molar-refractivity contribution is 4.78. The Labute approximate surface area is 110 Å². The Hall–Kier alpha value is -0.200. The van der Waals surface area contributed by atoms with Gasteiger partial charge in [0.25, 0.3) is 0 Å². The van der Waals surface area contributed by atoms with Gasteiger partial charge in [-0.15, -0.1) is 0 Å². The van der Waals surface area contributed by atoms with Crippen molar-refractivity contribution in [2.75, 3.05) is 26.4 Å². The fourth-order valence-electron chi connectivity index (χ4n) is 1.15. The predicted molar refractivity (Wildman–Crippen MR) is 71.1 cm³/mol. The lowest BCUT2D eigenvalue weighted by molar-refractivity contribution is -0.0204. The molecule has 0 aromatic carbocycles. The summed E-state index contributed by atoms with van der Waals surface area (Å²) in [7, 11) is 0. The third kappa shape index (κ3) is 7.28. The van der Waals surface area contributed by atoms with Crippen LogP contribution < -0.4 is 0 Å². The van der Waals surface area contributed by atoms with Crippen molar-refractivity contribution in [1.82, 2.24) is 0 Å². The van der Waals surface area contributed by atoms with E-state index < -0.39 is 11.5 Å². The van der Waals surface area contributed by atoms with E-state index in [9.17, 15) is 5.11 Å². The second-order valence-electron chi connectivity index (χ2n) is 6.12. The molecule has 0 aromatic heterocycles. The van der Waals surface area contributed by atoms with E-state index >= 15 is 0 Å². The van der Waals surface area contributed by atoms with E-state index in [0.29, 0.717) is 0 Å². The number of aliphatic hydroxyl groups excluding tert-OH is 5. The van der Waals surface area contributed by atoms with Gasteiger partial charge in [0.15, 0.2) is 0 Å². The van der Waals surface area contributed by atoms with E-state index in [-0.39, 0.29) is 37.8 Å². The van der Waals surface area contributed by atoms with Crippen LogP contribution in [0.25, 0.3) is 0 Å². The molecule has 1 unspecified atom stereocenters. The van der Waals surface area contributed by atoms with Crippen molar-refractivity contribution >= 4 is 0 Å². The Morgan fingerprint density at radius 3 is 1.17 bits per heavy atom. The molecule has 0 amide bonds. The quantitative estimate of drug-likeness (QED) is 0.465. The van der Waals surface area contributed by atoms with Gasteiger partial charge < -0.3 is 25.5 Å². The summed E-state index contributed by atoms with van der Waals surface area (Å²) in [6.07, 6.45) is -0.419.